The quantitative estimate of drug-likeness (QED) is 0.149. The molecule has 0 saturated carbocycles. The number of benzene rings is 4. The SMILES string of the molecule is CCCOc1ccc(CC(NC(=O)c2ccc(C(=O)NC(Cc3ccc(OCc4ccccc4)cc3)C(N)=O)cc2)C(N)=O)cc1. The van der Waals surface area contributed by atoms with Gasteiger partial charge in [-0.1, -0.05) is 61.5 Å². The smallest absolute Gasteiger partial charge is 0.251 e. The van der Waals surface area contributed by atoms with Crippen LogP contribution in [-0.4, -0.2) is 42.3 Å². The largest absolute Gasteiger partial charge is 0.494 e. The van der Waals surface area contributed by atoms with E-state index in [0.717, 1.165) is 28.9 Å². The van der Waals surface area contributed by atoms with Crippen LogP contribution in [0.25, 0.3) is 0 Å². The van der Waals surface area contributed by atoms with E-state index in [4.69, 9.17) is 20.9 Å². The third-order valence-corrected chi connectivity index (χ3v) is 7.15. The number of primary amides is 2. The fourth-order valence-electron chi connectivity index (χ4n) is 4.58. The maximum Gasteiger partial charge on any atom is 0.251 e. The minimum atomic E-state index is -0.963. The number of carbonyl (C=O) groups is 4. The van der Waals surface area contributed by atoms with Crippen molar-refractivity contribution in [3.63, 3.8) is 0 Å². The predicted molar refractivity (Wildman–Crippen MR) is 174 cm³/mol. The van der Waals surface area contributed by atoms with Gasteiger partial charge in [0.2, 0.25) is 11.8 Å². The molecular formula is C36H38N4O6. The number of ether oxygens (including phenoxy) is 2. The zero-order valence-corrected chi connectivity index (χ0v) is 25.6. The molecule has 0 radical (unpaired) electrons. The van der Waals surface area contributed by atoms with Gasteiger partial charge in [-0.3, -0.25) is 19.2 Å². The minimum absolute atomic E-state index is 0.184. The molecule has 4 aromatic carbocycles. The number of hydrogen-bond acceptors (Lipinski definition) is 6. The molecule has 2 unspecified atom stereocenters. The van der Waals surface area contributed by atoms with Crippen LogP contribution in [0.2, 0.25) is 0 Å². The maximum atomic E-state index is 12.9. The van der Waals surface area contributed by atoms with Crippen LogP contribution in [0.15, 0.2) is 103 Å². The summed E-state index contributed by atoms with van der Waals surface area (Å²) in [4.78, 5) is 50.1. The standard InChI is InChI=1S/C36H38N4O6/c1-2-20-45-29-16-8-24(9-17-29)21-31(33(37)41)39-35(43)27-12-14-28(15-13-27)36(44)40-32(34(38)42)22-25-10-18-30(19-11-25)46-23-26-6-4-3-5-7-26/h3-19,31-32H,2,20-23H2,1H3,(H2,37,41)(H2,38,42)(H,39,43)(H,40,44). The van der Waals surface area contributed by atoms with Crippen LogP contribution < -0.4 is 31.6 Å². The first-order chi connectivity index (χ1) is 22.2. The van der Waals surface area contributed by atoms with E-state index < -0.39 is 35.7 Å². The Bertz CT molecular complexity index is 1610. The average Bonchev–Trinajstić information content (AvgIpc) is 3.07. The second-order valence-electron chi connectivity index (χ2n) is 10.8. The molecule has 10 heteroatoms. The molecule has 0 aliphatic rings. The van der Waals surface area contributed by atoms with Gasteiger partial charge in [-0.25, -0.2) is 0 Å². The first kappa shape index (κ1) is 33.3. The topological polar surface area (TPSA) is 163 Å². The molecule has 0 aliphatic carbocycles. The van der Waals surface area contributed by atoms with Crippen LogP contribution in [0.3, 0.4) is 0 Å². The van der Waals surface area contributed by atoms with Crippen LogP contribution >= 0.6 is 0 Å². The number of amides is 4. The molecule has 46 heavy (non-hydrogen) atoms. The Morgan fingerprint density at radius 2 is 1.02 bits per heavy atom. The van der Waals surface area contributed by atoms with Gasteiger partial charge < -0.3 is 31.6 Å². The van der Waals surface area contributed by atoms with Gasteiger partial charge in [0.15, 0.2) is 0 Å². The summed E-state index contributed by atoms with van der Waals surface area (Å²) >= 11 is 0. The number of nitrogens with one attached hydrogen (secondary N) is 2. The first-order valence-electron chi connectivity index (χ1n) is 15.0. The van der Waals surface area contributed by atoms with E-state index in [1.165, 1.54) is 24.3 Å². The third-order valence-electron chi connectivity index (χ3n) is 7.15. The fraction of sp³-hybridized carbons (Fsp3) is 0.222. The minimum Gasteiger partial charge on any atom is -0.494 e. The Labute approximate surface area is 268 Å². The van der Waals surface area contributed by atoms with Crippen molar-refractivity contribution >= 4 is 23.6 Å². The molecule has 10 nitrogen and oxygen atoms in total. The van der Waals surface area contributed by atoms with Crippen molar-refractivity contribution < 1.29 is 28.7 Å². The zero-order valence-electron chi connectivity index (χ0n) is 25.6. The second-order valence-corrected chi connectivity index (χ2v) is 10.8. The molecule has 0 saturated heterocycles. The van der Waals surface area contributed by atoms with E-state index >= 15 is 0 Å². The van der Waals surface area contributed by atoms with Crippen molar-refractivity contribution in [2.24, 2.45) is 11.5 Å². The predicted octanol–water partition coefficient (Wildman–Crippen LogP) is 3.71. The van der Waals surface area contributed by atoms with E-state index in [0.29, 0.717) is 19.0 Å². The lowest BCUT2D eigenvalue weighted by atomic mass is 10.0. The van der Waals surface area contributed by atoms with Gasteiger partial charge in [0.1, 0.15) is 30.2 Å². The summed E-state index contributed by atoms with van der Waals surface area (Å²) in [6.07, 6.45) is 1.27. The summed E-state index contributed by atoms with van der Waals surface area (Å²) in [5.41, 5.74) is 14.2. The van der Waals surface area contributed by atoms with Crippen molar-refractivity contribution in [1.29, 1.82) is 0 Å². The van der Waals surface area contributed by atoms with Crippen molar-refractivity contribution in [1.82, 2.24) is 10.6 Å². The zero-order chi connectivity index (χ0) is 32.9. The molecule has 4 amide bonds. The molecule has 0 aromatic heterocycles. The van der Waals surface area contributed by atoms with Crippen molar-refractivity contribution in [3.8, 4) is 11.5 Å². The molecule has 4 rings (SSSR count). The highest BCUT2D eigenvalue weighted by Gasteiger charge is 2.22. The molecule has 0 spiro atoms. The van der Waals surface area contributed by atoms with Gasteiger partial charge in [0.25, 0.3) is 11.8 Å². The van der Waals surface area contributed by atoms with Crippen LogP contribution in [0.4, 0.5) is 0 Å². The Kier molecular flexibility index (Phi) is 11.9. The Morgan fingerprint density at radius 1 is 0.587 bits per heavy atom. The summed E-state index contributed by atoms with van der Waals surface area (Å²) in [5.74, 6) is -1.03. The van der Waals surface area contributed by atoms with Crippen molar-refractivity contribution in [2.75, 3.05) is 6.61 Å². The number of hydrogen-bond donors (Lipinski definition) is 4. The average molecular weight is 623 g/mol. The van der Waals surface area contributed by atoms with Crippen molar-refractivity contribution in [3.05, 3.63) is 131 Å². The first-order valence-corrected chi connectivity index (χ1v) is 15.0. The van der Waals surface area contributed by atoms with Gasteiger partial charge in [-0.05, 0) is 71.6 Å². The Morgan fingerprint density at radius 3 is 1.43 bits per heavy atom. The van der Waals surface area contributed by atoms with Gasteiger partial charge in [0.05, 0.1) is 6.61 Å². The molecule has 0 bridgehead atoms. The van der Waals surface area contributed by atoms with Gasteiger partial charge in [-0.2, -0.15) is 0 Å². The monoisotopic (exact) mass is 622 g/mol. The van der Waals surface area contributed by atoms with Crippen LogP contribution in [0.1, 0.15) is 50.8 Å². The van der Waals surface area contributed by atoms with Gasteiger partial charge in [0, 0.05) is 24.0 Å². The second kappa shape index (κ2) is 16.4. The molecule has 0 fully saturated rings. The Hall–Kier alpha value is -5.64. The van der Waals surface area contributed by atoms with Crippen LogP contribution in [0.5, 0.6) is 11.5 Å². The molecule has 0 heterocycles. The summed E-state index contributed by atoms with van der Waals surface area (Å²) in [5, 5.41) is 5.32. The lowest BCUT2D eigenvalue weighted by molar-refractivity contribution is -0.120. The summed E-state index contributed by atoms with van der Waals surface area (Å²) in [6.45, 7) is 3.05. The van der Waals surface area contributed by atoms with Gasteiger partial charge in [-0.15, -0.1) is 0 Å². The van der Waals surface area contributed by atoms with E-state index in [9.17, 15) is 19.2 Å². The normalized spacial score (nSPS) is 11.9. The van der Waals surface area contributed by atoms with E-state index in [-0.39, 0.29) is 24.0 Å². The third kappa shape index (κ3) is 9.95. The number of carbonyl (C=O) groups excluding carboxylic acids is 4. The highest BCUT2D eigenvalue weighted by atomic mass is 16.5. The van der Waals surface area contributed by atoms with E-state index in [1.54, 1.807) is 24.3 Å². The van der Waals surface area contributed by atoms with E-state index in [1.807, 2.05) is 61.5 Å². The fourth-order valence-corrected chi connectivity index (χ4v) is 4.58. The summed E-state index contributed by atoms with van der Waals surface area (Å²) in [6, 6.07) is 28.1. The molecule has 4 aromatic rings. The van der Waals surface area contributed by atoms with Crippen LogP contribution in [-0.2, 0) is 29.0 Å². The maximum absolute atomic E-state index is 12.9. The van der Waals surface area contributed by atoms with Crippen molar-refractivity contribution in [2.45, 2.75) is 44.9 Å². The summed E-state index contributed by atoms with van der Waals surface area (Å²) < 4.78 is 11.4. The lowest BCUT2D eigenvalue weighted by Gasteiger charge is -2.17. The van der Waals surface area contributed by atoms with Gasteiger partial charge >= 0.3 is 0 Å². The Balaban J connectivity index is 1.31. The summed E-state index contributed by atoms with van der Waals surface area (Å²) in [7, 11) is 0. The molecule has 0 aliphatic heterocycles. The molecule has 2 atom stereocenters. The molecular weight excluding hydrogens is 584 g/mol. The van der Waals surface area contributed by atoms with Crippen LogP contribution in [0, 0.1) is 0 Å². The molecule has 238 valence electrons. The molecule has 6 N–H and O–H groups in total. The lowest BCUT2D eigenvalue weighted by Crippen LogP contribution is -2.46. The van der Waals surface area contributed by atoms with E-state index in [2.05, 4.69) is 10.6 Å². The number of rotatable bonds is 16. The number of nitrogens with two attached hydrogens (primary N) is 2. The highest BCUT2D eigenvalue weighted by molar-refractivity contribution is 6.00. The highest BCUT2D eigenvalue weighted by Crippen LogP contribution is 2.17.